The van der Waals surface area contributed by atoms with E-state index in [1.54, 1.807) is 12.1 Å². The second kappa shape index (κ2) is 8.67. The number of allylic oxidation sites excluding steroid dienone is 2. The molecule has 2 aromatic carbocycles. The Morgan fingerprint density at radius 3 is 2.79 bits per heavy atom. The van der Waals surface area contributed by atoms with Gasteiger partial charge in [-0.3, -0.25) is 15.1 Å². The maximum Gasteiger partial charge on any atom is 0.270 e. The Morgan fingerprint density at radius 2 is 2.03 bits per heavy atom. The smallest absolute Gasteiger partial charge is 0.270 e. The van der Waals surface area contributed by atoms with Crippen molar-refractivity contribution < 1.29 is 4.92 Å². The number of hydrazone groups is 1. The molecular formula is C21H17BrN4O2S. The molecule has 0 fully saturated rings. The molecule has 8 heteroatoms. The maximum absolute atomic E-state index is 11.1. The monoisotopic (exact) mass is 468 g/mol. The van der Waals surface area contributed by atoms with Crippen molar-refractivity contribution in [2.24, 2.45) is 5.10 Å². The number of nitrogens with zero attached hydrogens (tertiary/aromatic N) is 4. The average molecular weight is 469 g/mol. The van der Waals surface area contributed by atoms with E-state index in [1.807, 2.05) is 47.8 Å². The molecule has 0 spiro atoms. The summed E-state index contributed by atoms with van der Waals surface area (Å²) in [6, 6.07) is 16.7. The molecule has 2 aromatic rings. The number of nitro groups is 1. The van der Waals surface area contributed by atoms with Crippen molar-refractivity contribution in [3.63, 3.8) is 0 Å². The molecule has 146 valence electrons. The molecule has 0 aliphatic carbocycles. The summed E-state index contributed by atoms with van der Waals surface area (Å²) in [5, 5.41) is 19.6. The van der Waals surface area contributed by atoms with Crippen molar-refractivity contribution in [3.05, 3.63) is 110 Å². The summed E-state index contributed by atoms with van der Waals surface area (Å²) in [6.45, 7) is 1.39. The molecular weight excluding hydrogens is 452 g/mol. The number of nitro benzene ring substituents is 1. The van der Waals surface area contributed by atoms with Crippen molar-refractivity contribution in [1.82, 2.24) is 9.91 Å². The van der Waals surface area contributed by atoms with Crippen molar-refractivity contribution in [3.8, 4) is 0 Å². The Hall–Kier alpha value is -2.84. The van der Waals surface area contributed by atoms with Gasteiger partial charge < -0.3 is 4.90 Å². The largest absolute Gasteiger partial charge is 0.347 e. The molecule has 0 unspecified atom stereocenters. The minimum absolute atomic E-state index is 0.0610. The first-order valence-electron chi connectivity index (χ1n) is 8.93. The zero-order chi connectivity index (χ0) is 20.2. The second-order valence-corrected chi connectivity index (χ2v) is 8.36. The van der Waals surface area contributed by atoms with E-state index in [0.717, 1.165) is 32.2 Å². The zero-order valence-electron chi connectivity index (χ0n) is 15.3. The Labute approximate surface area is 181 Å². The van der Waals surface area contributed by atoms with Gasteiger partial charge in [0.2, 0.25) is 0 Å². The summed E-state index contributed by atoms with van der Waals surface area (Å²) in [6.07, 6.45) is 8.15. The van der Waals surface area contributed by atoms with Gasteiger partial charge in [-0.05, 0) is 39.3 Å². The highest BCUT2D eigenvalue weighted by molar-refractivity contribution is 9.11. The molecule has 0 N–H and O–H groups in total. The van der Waals surface area contributed by atoms with Gasteiger partial charge in [-0.2, -0.15) is 5.10 Å². The fourth-order valence-corrected chi connectivity index (χ4v) is 4.37. The highest BCUT2D eigenvalue weighted by Crippen LogP contribution is 2.35. The van der Waals surface area contributed by atoms with E-state index < -0.39 is 0 Å². The number of halogens is 1. The summed E-state index contributed by atoms with van der Waals surface area (Å²) in [5.74, 6) is 0. The van der Waals surface area contributed by atoms with Crippen LogP contribution < -0.4 is 0 Å². The van der Waals surface area contributed by atoms with Crippen LogP contribution in [0.4, 0.5) is 5.69 Å². The summed E-state index contributed by atoms with van der Waals surface area (Å²) < 4.78 is 0.998. The van der Waals surface area contributed by atoms with E-state index >= 15 is 0 Å². The first kappa shape index (κ1) is 19.5. The number of hydrogen-bond acceptors (Lipinski definition) is 6. The third kappa shape index (κ3) is 4.78. The standard InChI is InChI=1S/C21H17BrN4O2S/c22-18-9-5-11-24(14-18)15-20-25(13-16-6-2-1-3-7-16)23-21(29-20)17-8-4-10-19(12-17)26(27)28/h1-10,12,14-15H,11,13H2. The van der Waals surface area contributed by atoms with Gasteiger partial charge in [0.05, 0.1) is 11.5 Å². The van der Waals surface area contributed by atoms with Crippen LogP contribution >= 0.6 is 27.7 Å². The summed E-state index contributed by atoms with van der Waals surface area (Å²) in [4.78, 5) is 12.8. The lowest BCUT2D eigenvalue weighted by Gasteiger charge is -2.21. The molecule has 0 saturated carbocycles. The summed E-state index contributed by atoms with van der Waals surface area (Å²) >= 11 is 5.02. The summed E-state index contributed by atoms with van der Waals surface area (Å²) in [7, 11) is 0. The minimum atomic E-state index is -0.384. The van der Waals surface area contributed by atoms with Crippen LogP contribution in [0, 0.1) is 10.1 Å². The van der Waals surface area contributed by atoms with Crippen LogP contribution in [0.3, 0.4) is 0 Å². The van der Waals surface area contributed by atoms with E-state index in [0.29, 0.717) is 6.54 Å². The van der Waals surface area contributed by atoms with E-state index in [4.69, 9.17) is 5.10 Å². The fraction of sp³-hybridized carbons (Fsp3) is 0.0952. The normalized spacial score (nSPS) is 17.5. The van der Waals surface area contributed by atoms with Crippen molar-refractivity contribution in [2.45, 2.75) is 6.54 Å². The molecule has 0 saturated heterocycles. The molecule has 0 bridgehead atoms. The predicted octanol–water partition coefficient (Wildman–Crippen LogP) is 5.41. The molecule has 2 heterocycles. The summed E-state index contributed by atoms with van der Waals surface area (Å²) in [5.41, 5.74) is 1.94. The van der Waals surface area contributed by atoms with Crippen LogP contribution in [0.25, 0.3) is 0 Å². The fourth-order valence-electron chi connectivity index (χ4n) is 2.94. The SMILES string of the molecule is O=[N+]([O-])c1cccc(C2=NN(Cc3ccccc3)C(=CN3C=C(Br)C=CC3)S2)c1. The van der Waals surface area contributed by atoms with Crippen LogP contribution in [0.15, 0.2) is 93.8 Å². The third-order valence-corrected chi connectivity index (χ3v) is 5.81. The van der Waals surface area contributed by atoms with Gasteiger partial charge in [-0.1, -0.05) is 48.5 Å². The van der Waals surface area contributed by atoms with E-state index in [-0.39, 0.29) is 10.6 Å². The number of non-ortho nitro benzene ring substituents is 1. The van der Waals surface area contributed by atoms with E-state index in [9.17, 15) is 10.1 Å². The van der Waals surface area contributed by atoms with Gasteiger partial charge in [-0.15, -0.1) is 0 Å². The second-order valence-electron chi connectivity index (χ2n) is 6.44. The minimum Gasteiger partial charge on any atom is -0.347 e. The third-order valence-electron chi connectivity index (χ3n) is 4.30. The van der Waals surface area contributed by atoms with Crippen LogP contribution in [-0.2, 0) is 6.54 Å². The zero-order valence-corrected chi connectivity index (χ0v) is 17.7. The number of rotatable bonds is 5. The lowest BCUT2D eigenvalue weighted by atomic mass is 10.2. The molecule has 6 nitrogen and oxygen atoms in total. The Kier molecular flexibility index (Phi) is 5.82. The van der Waals surface area contributed by atoms with Crippen molar-refractivity contribution >= 4 is 38.4 Å². The lowest BCUT2D eigenvalue weighted by molar-refractivity contribution is -0.384. The Bertz CT molecular complexity index is 1050. The molecule has 29 heavy (non-hydrogen) atoms. The van der Waals surface area contributed by atoms with Gasteiger partial charge in [0.1, 0.15) is 10.1 Å². The van der Waals surface area contributed by atoms with Crippen LogP contribution in [0.5, 0.6) is 0 Å². The first-order chi connectivity index (χ1) is 14.1. The van der Waals surface area contributed by atoms with Gasteiger partial charge >= 0.3 is 0 Å². The van der Waals surface area contributed by atoms with E-state index in [1.165, 1.54) is 17.8 Å². The molecule has 2 aliphatic heterocycles. The van der Waals surface area contributed by atoms with Crippen LogP contribution in [0.2, 0.25) is 0 Å². The van der Waals surface area contributed by atoms with E-state index in [2.05, 4.69) is 39.0 Å². The average Bonchev–Trinajstić information content (AvgIpc) is 3.11. The highest BCUT2D eigenvalue weighted by Gasteiger charge is 2.25. The molecule has 0 radical (unpaired) electrons. The quantitative estimate of drug-likeness (QED) is 0.433. The maximum atomic E-state index is 11.1. The topological polar surface area (TPSA) is 62.0 Å². The molecule has 4 rings (SSSR count). The van der Waals surface area contributed by atoms with Crippen LogP contribution in [-0.4, -0.2) is 26.4 Å². The molecule has 2 aliphatic rings. The van der Waals surface area contributed by atoms with Gasteiger partial charge in [0.15, 0.2) is 0 Å². The number of benzene rings is 2. The number of thioether (sulfide) groups is 1. The van der Waals surface area contributed by atoms with Gasteiger partial charge in [-0.25, -0.2) is 0 Å². The predicted molar refractivity (Wildman–Crippen MR) is 120 cm³/mol. The van der Waals surface area contributed by atoms with Crippen LogP contribution in [0.1, 0.15) is 11.1 Å². The molecule has 0 atom stereocenters. The molecule has 0 amide bonds. The Balaban J connectivity index is 1.65. The van der Waals surface area contributed by atoms with Gasteiger partial charge in [0, 0.05) is 41.1 Å². The highest BCUT2D eigenvalue weighted by atomic mass is 79.9. The first-order valence-corrected chi connectivity index (χ1v) is 10.5. The van der Waals surface area contributed by atoms with Gasteiger partial charge in [0.25, 0.3) is 5.69 Å². The lowest BCUT2D eigenvalue weighted by Crippen LogP contribution is -2.17. The Morgan fingerprint density at radius 1 is 1.21 bits per heavy atom. The number of hydrogen-bond donors (Lipinski definition) is 0. The van der Waals surface area contributed by atoms with Crippen molar-refractivity contribution in [2.75, 3.05) is 6.54 Å². The van der Waals surface area contributed by atoms with Crippen molar-refractivity contribution in [1.29, 1.82) is 0 Å². The molecule has 0 aromatic heterocycles.